The van der Waals surface area contributed by atoms with Gasteiger partial charge in [0, 0.05) is 18.8 Å². The van der Waals surface area contributed by atoms with Crippen molar-refractivity contribution in [2.24, 2.45) is 12.0 Å². The van der Waals surface area contributed by atoms with Crippen molar-refractivity contribution in [3.8, 4) is 11.5 Å². The number of hydrogen-bond acceptors (Lipinski definition) is 6. The Hall–Kier alpha value is -2.61. The Bertz CT molecular complexity index is 866. The lowest BCUT2D eigenvalue weighted by atomic mass is 10.2. The van der Waals surface area contributed by atoms with E-state index in [-0.39, 0.29) is 6.61 Å². The maximum atomic E-state index is 12.6. The average molecular weight is 364 g/mol. The third-order valence-electron chi connectivity index (χ3n) is 3.61. The predicted octanol–water partition coefficient (Wildman–Crippen LogP) is 2.33. The zero-order valence-corrected chi connectivity index (χ0v) is 15.6. The van der Waals surface area contributed by atoms with E-state index in [1.165, 1.54) is 14.2 Å². The van der Waals surface area contributed by atoms with Gasteiger partial charge in [-0.2, -0.15) is 4.99 Å². The number of hydrogen-bond donors (Lipinski definition) is 0. The Morgan fingerprint density at radius 1 is 1.24 bits per heavy atom. The second-order valence-electron chi connectivity index (χ2n) is 5.06. The highest BCUT2D eigenvalue weighted by Crippen LogP contribution is 2.25. The zero-order valence-electron chi connectivity index (χ0n) is 14.8. The molecule has 0 saturated carbocycles. The number of thiazole rings is 1. The molecule has 0 radical (unpaired) electrons. The predicted molar refractivity (Wildman–Crippen MR) is 93.4 cm³/mol. The second-order valence-corrected chi connectivity index (χ2v) is 6.04. The summed E-state index contributed by atoms with van der Waals surface area (Å²) in [6, 6.07) is 4.87. The largest absolute Gasteiger partial charge is 0.497 e. The molecule has 1 aromatic heterocycles. The molecule has 0 aliphatic heterocycles. The van der Waals surface area contributed by atoms with Crippen LogP contribution in [0, 0.1) is 6.92 Å². The first-order valence-electron chi connectivity index (χ1n) is 7.57. The number of nitrogens with zero attached hydrogens (tertiary/aromatic N) is 2. The molecule has 8 heteroatoms. The van der Waals surface area contributed by atoms with E-state index in [1.54, 1.807) is 43.7 Å². The summed E-state index contributed by atoms with van der Waals surface area (Å²) in [6.07, 6.45) is 0. The van der Waals surface area contributed by atoms with Crippen LogP contribution >= 0.6 is 11.3 Å². The smallest absolute Gasteiger partial charge is 0.350 e. The molecule has 2 rings (SSSR count). The molecule has 0 N–H and O–H groups in total. The van der Waals surface area contributed by atoms with Crippen LogP contribution in [0.2, 0.25) is 0 Å². The highest BCUT2D eigenvalue weighted by Gasteiger charge is 2.18. The van der Waals surface area contributed by atoms with Gasteiger partial charge in [-0.15, -0.1) is 0 Å². The zero-order chi connectivity index (χ0) is 18.6. The van der Waals surface area contributed by atoms with Crippen LogP contribution in [-0.2, 0) is 11.8 Å². The highest BCUT2D eigenvalue weighted by molar-refractivity contribution is 7.11. The van der Waals surface area contributed by atoms with Crippen molar-refractivity contribution in [2.75, 3.05) is 20.8 Å². The number of aromatic nitrogens is 1. The summed E-state index contributed by atoms with van der Waals surface area (Å²) in [7, 11) is 4.75. The van der Waals surface area contributed by atoms with E-state index in [0.29, 0.717) is 32.4 Å². The number of carbonyl (C=O) groups is 2. The minimum atomic E-state index is -0.466. The summed E-state index contributed by atoms with van der Waals surface area (Å²) < 4.78 is 17.1. The van der Waals surface area contributed by atoms with Gasteiger partial charge in [0.1, 0.15) is 16.4 Å². The van der Waals surface area contributed by atoms with Crippen molar-refractivity contribution >= 4 is 23.2 Å². The van der Waals surface area contributed by atoms with E-state index in [1.807, 2.05) is 0 Å². The van der Waals surface area contributed by atoms with E-state index < -0.39 is 11.9 Å². The maximum absolute atomic E-state index is 12.6. The van der Waals surface area contributed by atoms with Crippen LogP contribution < -0.4 is 14.3 Å². The van der Waals surface area contributed by atoms with Gasteiger partial charge in [-0.1, -0.05) is 11.3 Å². The molecule has 0 atom stereocenters. The molecule has 2 aromatic rings. The Morgan fingerprint density at radius 3 is 2.56 bits per heavy atom. The molecule has 0 spiro atoms. The molecule has 134 valence electrons. The molecule has 0 fully saturated rings. The molecule has 0 saturated heterocycles. The molecular weight excluding hydrogens is 344 g/mol. The third-order valence-corrected chi connectivity index (χ3v) is 4.82. The van der Waals surface area contributed by atoms with E-state index in [2.05, 4.69) is 4.99 Å². The van der Waals surface area contributed by atoms with Crippen molar-refractivity contribution in [1.29, 1.82) is 0 Å². The Kier molecular flexibility index (Phi) is 5.97. The number of ether oxygens (including phenoxy) is 3. The molecule has 1 heterocycles. The number of esters is 1. The summed E-state index contributed by atoms with van der Waals surface area (Å²) in [5, 5.41) is 0. The molecule has 7 nitrogen and oxygen atoms in total. The Balaban J connectivity index is 2.46. The maximum Gasteiger partial charge on any atom is 0.350 e. The van der Waals surface area contributed by atoms with Crippen LogP contribution in [0.5, 0.6) is 11.5 Å². The summed E-state index contributed by atoms with van der Waals surface area (Å²) in [5.74, 6) is 0.0634. The van der Waals surface area contributed by atoms with Gasteiger partial charge in [-0.25, -0.2) is 4.79 Å². The number of carbonyl (C=O) groups excluding carboxylic acids is 2. The van der Waals surface area contributed by atoms with Crippen molar-refractivity contribution in [3.05, 3.63) is 39.1 Å². The van der Waals surface area contributed by atoms with Gasteiger partial charge < -0.3 is 18.8 Å². The van der Waals surface area contributed by atoms with Gasteiger partial charge in [-0.3, -0.25) is 4.79 Å². The lowest BCUT2D eigenvalue weighted by molar-refractivity contribution is 0.0530. The quantitative estimate of drug-likeness (QED) is 0.761. The van der Waals surface area contributed by atoms with Crippen molar-refractivity contribution in [1.82, 2.24) is 4.57 Å². The van der Waals surface area contributed by atoms with Gasteiger partial charge in [-0.05, 0) is 26.0 Å². The van der Waals surface area contributed by atoms with Crippen LogP contribution in [0.4, 0.5) is 0 Å². The van der Waals surface area contributed by atoms with Gasteiger partial charge in [0.2, 0.25) is 0 Å². The van der Waals surface area contributed by atoms with Gasteiger partial charge in [0.25, 0.3) is 5.91 Å². The Morgan fingerprint density at radius 2 is 1.96 bits per heavy atom. The molecule has 25 heavy (non-hydrogen) atoms. The van der Waals surface area contributed by atoms with Crippen LogP contribution in [0.3, 0.4) is 0 Å². The first-order chi connectivity index (χ1) is 11.9. The molecule has 0 aliphatic carbocycles. The summed E-state index contributed by atoms with van der Waals surface area (Å²) in [4.78, 5) is 29.5. The van der Waals surface area contributed by atoms with E-state index in [0.717, 1.165) is 11.3 Å². The molecule has 1 aromatic carbocycles. The van der Waals surface area contributed by atoms with E-state index in [9.17, 15) is 9.59 Å². The van der Waals surface area contributed by atoms with Gasteiger partial charge in [0.15, 0.2) is 4.80 Å². The molecular formula is C17H20N2O5S. The summed E-state index contributed by atoms with van der Waals surface area (Å²) in [5.41, 5.74) is 1.00. The van der Waals surface area contributed by atoms with Crippen LogP contribution in [0.15, 0.2) is 23.2 Å². The highest BCUT2D eigenvalue weighted by atomic mass is 32.1. The summed E-state index contributed by atoms with van der Waals surface area (Å²) in [6.45, 7) is 3.81. The monoisotopic (exact) mass is 364 g/mol. The van der Waals surface area contributed by atoms with Gasteiger partial charge >= 0.3 is 5.97 Å². The van der Waals surface area contributed by atoms with Crippen LogP contribution in [-0.4, -0.2) is 37.3 Å². The average Bonchev–Trinajstić information content (AvgIpc) is 2.89. The molecule has 0 aliphatic rings. The SMILES string of the molecule is CCOC(=O)c1sc(=NC(=O)c2ccc(OC)cc2OC)n(C)c1C. The third kappa shape index (κ3) is 3.90. The van der Waals surface area contributed by atoms with Crippen molar-refractivity contribution in [2.45, 2.75) is 13.8 Å². The van der Waals surface area contributed by atoms with E-state index >= 15 is 0 Å². The lowest BCUT2D eigenvalue weighted by Gasteiger charge is -2.07. The lowest BCUT2D eigenvalue weighted by Crippen LogP contribution is -2.15. The number of methoxy groups -OCH3 is 2. The fraction of sp³-hybridized carbons (Fsp3) is 0.353. The standard InChI is InChI=1S/C17H20N2O5S/c1-6-24-16(21)14-10(2)19(3)17(25-14)18-15(20)12-8-7-11(22-4)9-13(12)23-5/h7-9H,6H2,1-5H3. The summed E-state index contributed by atoms with van der Waals surface area (Å²) >= 11 is 1.11. The normalized spacial score (nSPS) is 11.3. The first kappa shape index (κ1) is 18.7. The number of benzene rings is 1. The fourth-order valence-corrected chi connectivity index (χ4v) is 3.15. The van der Waals surface area contributed by atoms with Crippen LogP contribution in [0.1, 0.15) is 32.6 Å². The first-order valence-corrected chi connectivity index (χ1v) is 8.39. The van der Waals surface area contributed by atoms with Crippen molar-refractivity contribution in [3.63, 3.8) is 0 Å². The fourth-order valence-electron chi connectivity index (χ4n) is 2.14. The topological polar surface area (TPSA) is 79.1 Å². The molecule has 0 unspecified atom stereocenters. The number of amides is 1. The minimum absolute atomic E-state index is 0.286. The van der Waals surface area contributed by atoms with Crippen LogP contribution in [0.25, 0.3) is 0 Å². The Labute approximate surface area is 149 Å². The molecule has 0 bridgehead atoms. The van der Waals surface area contributed by atoms with Gasteiger partial charge in [0.05, 0.1) is 26.4 Å². The number of rotatable bonds is 5. The van der Waals surface area contributed by atoms with E-state index in [4.69, 9.17) is 14.2 Å². The minimum Gasteiger partial charge on any atom is -0.497 e. The second kappa shape index (κ2) is 7.98. The van der Waals surface area contributed by atoms with Crippen molar-refractivity contribution < 1.29 is 23.8 Å². The molecule has 1 amide bonds.